The van der Waals surface area contributed by atoms with E-state index in [9.17, 15) is 4.79 Å². The fourth-order valence-electron chi connectivity index (χ4n) is 3.52. The molecule has 2 heterocycles. The average Bonchev–Trinajstić information content (AvgIpc) is 2.78. The molecule has 4 heteroatoms. The van der Waals surface area contributed by atoms with E-state index in [4.69, 9.17) is 4.99 Å². The number of para-hydroxylation sites is 1. The quantitative estimate of drug-likeness (QED) is 0.748. The van der Waals surface area contributed by atoms with E-state index in [1.54, 1.807) is 6.92 Å². The van der Waals surface area contributed by atoms with Crippen molar-refractivity contribution in [3.8, 4) is 0 Å². The molecule has 0 aliphatic carbocycles. The molecule has 2 aromatic rings. The number of piperazine rings is 1. The van der Waals surface area contributed by atoms with Crippen LogP contribution >= 0.6 is 0 Å². The number of nitrogens with zero attached hydrogens (tertiary/aromatic N) is 3. The molecule has 0 N–H and O–H groups in total. The van der Waals surface area contributed by atoms with E-state index in [0.717, 1.165) is 44.1 Å². The Morgan fingerprint density at radius 2 is 1.58 bits per heavy atom. The lowest BCUT2D eigenvalue weighted by Gasteiger charge is -2.36. The Bertz CT molecular complexity index is 804. The van der Waals surface area contributed by atoms with Crippen molar-refractivity contribution in [3.63, 3.8) is 0 Å². The van der Waals surface area contributed by atoms with Crippen LogP contribution in [0.25, 0.3) is 0 Å². The van der Waals surface area contributed by atoms with Crippen LogP contribution in [0.4, 0.5) is 5.69 Å². The van der Waals surface area contributed by atoms with E-state index in [-0.39, 0.29) is 5.91 Å². The summed E-state index contributed by atoms with van der Waals surface area (Å²) in [7, 11) is 0. The van der Waals surface area contributed by atoms with Gasteiger partial charge in [-0.15, -0.1) is 0 Å². The maximum atomic E-state index is 11.6. The highest BCUT2D eigenvalue weighted by atomic mass is 16.2. The van der Waals surface area contributed by atoms with Gasteiger partial charge in [-0.2, -0.15) is 0 Å². The lowest BCUT2D eigenvalue weighted by molar-refractivity contribution is -0.130. The minimum atomic E-state index is 0.156. The highest BCUT2D eigenvalue weighted by molar-refractivity contribution is 6.02. The molecular formula is C20H21N3O. The number of carbonyl (C=O) groups excluding carboxylic acids is 1. The van der Waals surface area contributed by atoms with Gasteiger partial charge in [-0.1, -0.05) is 42.5 Å². The Kier molecular flexibility index (Phi) is 3.81. The maximum absolute atomic E-state index is 11.6. The maximum Gasteiger partial charge on any atom is 0.219 e. The molecule has 1 amide bonds. The molecule has 0 aromatic heterocycles. The third kappa shape index (κ3) is 2.68. The summed E-state index contributed by atoms with van der Waals surface area (Å²) in [4.78, 5) is 20.8. The summed E-state index contributed by atoms with van der Waals surface area (Å²) in [6.07, 6.45) is 0.909. The van der Waals surface area contributed by atoms with Gasteiger partial charge in [0.2, 0.25) is 5.91 Å². The van der Waals surface area contributed by atoms with Gasteiger partial charge in [-0.05, 0) is 17.2 Å². The first kappa shape index (κ1) is 14.9. The van der Waals surface area contributed by atoms with Crippen LogP contribution < -0.4 is 0 Å². The van der Waals surface area contributed by atoms with Crippen LogP contribution in [0.5, 0.6) is 0 Å². The summed E-state index contributed by atoms with van der Waals surface area (Å²) in [5, 5.41) is 0. The Balaban J connectivity index is 1.73. The molecule has 2 aliphatic rings. The summed E-state index contributed by atoms with van der Waals surface area (Å²) in [5.41, 5.74) is 4.85. The molecule has 4 nitrogen and oxygen atoms in total. The van der Waals surface area contributed by atoms with Gasteiger partial charge in [0.25, 0.3) is 0 Å². The normalized spacial score (nSPS) is 16.8. The Labute approximate surface area is 142 Å². The molecule has 0 radical (unpaired) electrons. The number of rotatable bonds is 0. The van der Waals surface area contributed by atoms with Crippen molar-refractivity contribution in [2.45, 2.75) is 13.3 Å². The van der Waals surface area contributed by atoms with Crippen LogP contribution in [-0.2, 0) is 11.2 Å². The van der Waals surface area contributed by atoms with Crippen LogP contribution in [0.2, 0.25) is 0 Å². The molecule has 0 bridgehead atoms. The summed E-state index contributed by atoms with van der Waals surface area (Å²) < 4.78 is 0. The predicted molar refractivity (Wildman–Crippen MR) is 95.7 cm³/mol. The lowest BCUT2D eigenvalue weighted by atomic mass is 9.99. The van der Waals surface area contributed by atoms with Crippen LogP contribution in [0, 0.1) is 0 Å². The number of hydrogen-bond acceptors (Lipinski definition) is 3. The van der Waals surface area contributed by atoms with E-state index in [1.807, 2.05) is 11.0 Å². The van der Waals surface area contributed by atoms with E-state index in [1.165, 1.54) is 16.7 Å². The molecule has 1 fully saturated rings. The number of hydrogen-bond donors (Lipinski definition) is 0. The molecule has 2 aromatic carbocycles. The average molecular weight is 319 g/mol. The Morgan fingerprint density at radius 1 is 0.917 bits per heavy atom. The SMILES string of the molecule is CC(=O)N1CCN(C2=Nc3ccccc3Cc3ccccc32)CC1. The third-order valence-corrected chi connectivity index (χ3v) is 4.88. The zero-order chi connectivity index (χ0) is 16.5. The molecule has 0 atom stereocenters. The molecule has 1 saturated heterocycles. The standard InChI is InChI=1S/C20H21N3O/c1-15(24)22-10-12-23(13-11-22)20-18-8-4-2-6-16(18)14-17-7-3-5-9-19(17)21-20/h2-9H,10-14H2,1H3. The van der Waals surface area contributed by atoms with Crippen molar-refractivity contribution >= 4 is 17.4 Å². The minimum Gasteiger partial charge on any atom is -0.353 e. The smallest absolute Gasteiger partial charge is 0.219 e. The van der Waals surface area contributed by atoms with E-state index >= 15 is 0 Å². The van der Waals surface area contributed by atoms with Crippen molar-refractivity contribution in [3.05, 3.63) is 65.2 Å². The fourth-order valence-corrected chi connectivity index (χ4v) is 3.52. The number of fused-ring (bicyclic) bond motifs is 2. The van der Waals surface area contributed by atoms with Gasteiger partial charge in [0.15, 0.2) is 0 Å². The van der Waals surface area contributed by atoms with Crippen molar-refractivity contribution < 1.29 is 4.79 Å². The first-order chi connectivity index (χ1) is 11.7. The van der Waals surface area contributed by atoms with Gasteiger partial charge in [0.1, 0.15) is 5.84 Å². The van der Waals surface area contributed by atoms with Gasteiger partial charge in [-0.3, -0.25) is 4.79 Å². The highest BCUT2D eigenvalue weighted by Crippen LogP contribution is 2.29. The van der Waals surface area contributed by atoms with E-state index in [2.05, 4.69) is 47.4 Å². The molecule has 4 rings (SSSR count). The number of carbonyl (C=O) groups is 1. The molecule has 0 spiro atoms. The fraction of sp³-hybridized carbons (Fsp3) is 0.300. The monoisotopic (exact) mass is 319 g/mol. The molecule has 2 aliphatic heterocycles. The second-order valence-corrected chi connectivity index (χ2v) is 6.39. The van der Waals surface area contributed by atoms with Crippen molar-refractivity contribution in [2.75, 3.05) is 26.2 Å². The Morgan fingerprint density at radius 3 is 2.33 bits per heavy atom. The molecule has 122 valence electrons. The molecule has 24 heavy (non-hydrogen) atoms. The Hall–Kier alpha value is -2.62. The van der Waals surface area contributed by atoms with Gasteiger partial charge in [0, 0.05) is 45.1 Å². The predicted octanol–water partition coefficient (Wildman–Crippen LogP) is 2.83. The minimum absolute atomic E-state index is 0.156. The molecule has 0 unspecified atom stereocenters. The van der Waals surface area contributed by atoms with Gasteiger partial charge < -0.3 is 9.80 Å². The van der Waals surface area contributed by atoms with Crippen LogP contribution in [0.1, 0.15) is 23.6 Å². The van der Waals surface area contributed by atoms with Crippen molar-refractivity contribution in [1.82, 2.24) is 9.80 Å². The molecule has 0 saturated carbocycles. The van der Waals surface area contributed by atoms with Crippen molar-refractivity contribution in [1.29, 1.82) is 0 Å². The summed E-state index contributed by atoms with van der Waals surface area (Å²) in [5.74, 6) is 1.20. The van der Waals surface area contributed by atoms with Crippen LogP contribution in [0.15, 0.2) is 53.5 Å². The summed E-state index contributed by atoms with van der Waals surface area (Å²) in [6, 6.07) is 16.9. The number of amides is 1. The first-order valence-corrected chi connectivity index (χ1v) is 8.48. The largest absolute Gasteiger partial charge is 0.353 e. The van der Waals surface area contributed by atoms with E-state index in [0.29, 0.717) is 0 Å². The zero-order valence-corrected chi connectivity index (χ0v) is 13.9. The van der Waals surface area contributed by atoms with E-state index < -0.39 is 0 Å². The van der Waals surface area contributed by atoms with Crippen LogP contribution in [-0.4, -0.2) is 47.7 Å². The zero-order valence-electron chi connectivity index (χ0n) is 13.9. The third-order valence-electron chi connectivity index (χ3n) is 4.88. The lowest BCUT2D eigenvalue weighted by Crippen LogP contribution is -2.50. The van der Waals surface area contributed by atoms with Crippen molar-refractivity contribution in [2.24, 2.45) is 4.99 Å². The molecular weight excluding hydrogens is 298 g/mol. The summed E-state index contributed by atoms with van der Waals surface area (Å²) in [6.45, 7) is 4.82. The second-order valence-electron chi connectivity index (χ2n) is 6.39. The van der Waals surface area contributed by atoms with Gasteiger partial charge >= 0.3 is 0 Å². The first-order valence-electron chi connectivity index (χ1n) is 8.48. The second kappa shape index (κ2) is 6.11. The summed E-state index contributed by atoms with van der Waals surface area (Å²) >= 11 is 0. The van der Waals surface area contributed by atoms with Gasteiger partial charge in [-0.25, -0.2) is 4.99 Å². The number of benzene rings is 2. The van der Waals surface area contributed by atoms with Crippen LogP contribution in [0.3, 0.4) is 0 Å². The number of amidine groups is 1. The van der Waals surface area contributed by atoms with Gasteiger partial charge in [0.05, 0.1) is 5.69 Å². The highest BCUT2D eigenvalue weighted by Gasteiger charge is 2.25. The number of aliphatic imine (C=N–C) groups is 1. The topological polar surface area (TPSA) is 35.9 Å².